The molecule has 4 aromatic carbocycles. The fourth-order valence-corrected chi connectivity index (χ4v) is 7.38. The Balaban J connectivity index is 1.58. The second-order valence-corrected chi connectivity index (χ2v) is 14.0. The fourth-order valence-electron chi connectivity index (χ4n) is 4.33. The number of para-hydroxylation sites is 3. The standard InChI is InChI=1S/C31H33N3O6S3/c1-5-40-29-12-7-6-11-28(29)34(43(38,39)27-19-15-25(41-4)16-20-27)21-30(35)32-24-13-17-26(18-14-24)42(36,37)33-31-22(2)9-8-10-23(31)3/h6-20,33H,5,21H2,1-4H3,(H,32,35). The molecule has 4 aromatic rings. The number of anilines is 3. The molecule has 0 radical (unpaired) electrons. The molecule has 2 N–H and O–H groups in total. The second-order valence-electron chi connectivity index (χ2n) is 9.53. The first-order valence-electron chi connectivity index (χ1n) is 13.3. The maximum Gasteiger partial charge on any atom is 0.264 e. The van der Waals surface area contributed by atoms with E-state index in [-0.39, 0.29) is 15.5 Å². The molecule has 12 heteroatoms. The van der Waals surface area contributed by atoms with Crippen molar-refractivity contribution in [1.82, 2.24) is 0 Å². The Morgan fingerprint density at radius 2 is 1.42 bits per heavy atom. The number of benzene rings is 4. The van der Waals surface area contributed by atoms with E-state index >= 15 is 0 Å². The molecule has 1 amide bonds. The van der Waals surface area contributed by atoms with Gasteiger partial charge < -0.3 is 10.1 Å². The minimum absolute atomic E-state index is 0.0108. The van der Waals surface area contributed by atoms with Gasteiger partial charge in [0.25, 0.3) is 20.0 Å². The molecule has 226 valence electrons. The highest BCUT2D eigenvalue weighted by molar-refractivity contribution is 7.98. The number of aryl methyl sites for hydroxylation is 2. The van der Waals surface area contributed by atoms with Crippen LogP contribution in [0.4, 0.5) is 17.1 Å². The zero-order chi connectivity index (χ0) is 31.2. The van der Waals surface area contributed by atoms with E-state index in [0.29, 0.717) is 23.7 Å². The van der Waals surface area contributed by atoms with Crippen LogP contribution in [0.2, 0.25) is 0 Å². The van der Waals surface area contributed by atoms with Crippen molar-refractivity contribution in [3.05, 3.63) is 102 Å². The summed E-state index contributed by atoms with van der Waals surface area (Å²) in [6, 6.07) is 24.1. The van der Waals surface area contributed by atoms with Crippen molar-refractivity contribution < 1.29 is 26.4 Å². The summed E-state index contributed by atoms with van der Waals surface area (Å²) < 4.78 is 63.1. The SMILES string of the molecule is CCOc1ccccc1N(CC(=O)Nc1ccc(S(=O)(=O)Nc2c(C)cccc2C)cc1)S(=O)(=O)c1ccc(SC)cc1. The lowest BCUT2D eigenvalue weighted by atomic mass is 10.1. The maximum atomic E-state index is 13.8. The summed E-state index contributed by atoms with van der Waals surface area (Å²) in [7, 11) is -8.06. The number of nitrogens with one attached hydrogen (secondary N) is 2. The topological polar surface area (TPSA) is 122 Å². The van der Waals surface area contributed by atoms with E-state index in [4.69, 9.17) is 4.74 Å². The monoisotopic (exact) mass is 639 g/mol. The third-order valence-electron chi connectivity index (χ3n) is 6.53. The van der Waals surface area contributed by atoms with Crippen LogP contribution in [-0.2, 0) is 24.8 Å². The average Bonchev–Trinajstić information content (AvgIpc) is 2.99. The molecular weight excluding hydrogens is 607 g/mol. The molecule has 0 aliphatic heterocycles. The molecule has 0 bridgehead atoms. The van der Waals surface area contributed by atoms with E-state index in [9.17, 15) is 21.6 Å². The number of carbonyl (C=O) groups excluding carboxylic acids is 1. The number of carbonyl (C=O) groups is 1. The molecule has 4 rings (SSSR count). The van der Waals surface area contributed by atoms with Crippen molar-refractivity contribution in [2.45, 2.75) is 35.5 Å². The van der Waals surface area contributed by atoms with Gasteiger partial charge in [0.1, 0.15) is 12.3 Å². The van der Waals surface area contributed by atoms with Gasteiger partial charge in [0.05, 0.1) is 27.8 Å². The molecule has 0 fully saturated rings. The number of ether oxygens (including phenoxy) is 1. The molecule has 0 aromatic heterocycles. The van der Waals surface area contributed by atoms with Crippen LogP contribution in [0.5, 0.6) is 5.75 Å². The third kappa shape index (κ3) is 7.51. The highest BCUT2D eigenvalue weighted by Gasteiger charge is 2.29. The van der Waals surface area contributed by atoms with Crippen molar-refractivity contribution in [3.8, 4) is 5.75 Å². The molecule has 0 saturated heterocycles. The maximum absolute atomic E-state index is 13.8. The quantitative estimate of drug-likeness (QED) is 0.181. The normalized spacial score (nSPS) is 11.5. The van der Waals surface area contributed by atoms with Crippen LogP contribution in [-0.4, -0.2) is 42.2 Å². The predicted octanol–water partition coefficient (Wildman–Crippen LogP) is 6.06. The summed E-state index contributed by atoms with van der Waals surface area (Å²) in [6.45, 7) is 5.17. The molecule has 0 atom stereocenters. The van der Waals surface area contributed by atoms with E-state index in [1.807, 2.05) is 38.3 Å². The zero-order valence-corrected chi connectivity index (χ0v) is 26.6. The van der Waals surface area contributed by atoms with Crippen molar-refractivity contribution in [1.29, 1.82) is 0 Å². The molecule has 43 heavy (non-hydrogen) atoms. The molecule has 0 saturated carbocycles. The summed E-state index contributed by atoms with van der Waals surface area (Å²) in [6.07, 6.45) is 1.89. The Morgan fingerprint density at radius 1 is 0.814 bits per heavy atom. The second kappa shape index (κ2) is 13.5. The number of hydrogen-bond donors (Lipinski definition) is 2. The minimum Gasteiger partial charge on any atom is -0.492 e. The molecule has 0 unspecified atom stereocenters. The van der Waals surface area contributed by atoms with E-state index in [1.54, 1.807) is 43.3 Å². The van der Waals surface area contributed by atoms with Gasteiger partial charge in [-0.15, -0.1) is 11.8 Å². The molecule has 0 spiro atoms. The van der Waals surface area contributed by atoms with Gasteiger partial charge in [-0.1, -0.05) is 30.3 Å². The lowest BCUT2D eigenvalue weighted by Gasteiger charge is -2.26. The van der Waals surface area contributed by atoms with Crippen LogP contribution in [0.15, 0.2) is 106 Å². The van der Waals surface area contributed by atoms with Gasteiger partial charge in [-0.3, -0.25) is 13.8 Å². The predicted molar refractivity (Wildman–Crippen MR) is 172 cm³/mol. The smallest absolute Gasteiger partial charge is 0.264 e. The Morgan fingerprint density at radius 3 is 2.02 bits per heavy atom. The average molecular weight is 640 g/mol. The largest absolute Gasteiger partial charge is 0.492 e. The van der Waals surface area contributed by atoms with Crippen LogP contribution in [0, 0.1) is 13.8 Å². The van der Waals surface area contributed by atoms with Crippen molar-refractivity contribution >= 4 is 54.8 Å². The first-order valence-corrected chi connectivity index (χ1v) is 17.5. The van der Waals surface area contributed by atoms with Crippen LogP contribution in [0.3, 0.4) is 0 Å². The zero-order valence-electron chi connectivity index (χ0n) is 24.2. The van der Waals surface area contributed by atoms with E-state index in [2.05, 4.69) is 10.0 Å². The highest BCUT2D eigenvalue weighted by Crippen LogP contribution is 2.33. The first kappa shape index (κ1) is 31.9. The number of rotatable bonds is 12. The number of sulfonamides is 2. The van der Waals surface area contributed by atoms with Crippen molar-refractivity contribution in [2.24, 2.45) is 0 Å². The van der Waals surface area contributed by atoms with Crippen LogP contribution >= 0.6 is 11.8 Å². The fraction of sp³-hybridized carbons (Fsp3) is 0.194. The Bertz CT molecular complexity index is 1790. The minimum atomic E-state index is -4.17. The molecular formula is C31H33N3O6S3. The van der Waals surface area contributed by atoms with Gasteiger partial charge in [-0.25, -0.2) is 16.8 Å². The summed E-state index contributed by atoms with van der Waals surface area (Å²) in [5.41, 5.74) is 2.61. The molecule has 9 nitrogen and oxygen atoms in total. The van der Waals surface area contributed by atoms with Crippen molar-refractivity contribution in [3.63, 3.8) is 0 Å². The number of nitrogens with zero attached hydrogens (tertiary/aromatic N) is 1. The van der Waals surface area contributed by atoms with E-state index in [1.165, 1.54) is 48.2 Å². The van der Waals surface area contributed by atoms with Gasteiger partial charge in [0.2, 0.25) is 5.91 Å². The number of thioether (sulfide) groups is 1. The van der Waals surface area contributed by atoms with Gasteiger partial charge >= 0.3 is 0 Å². The molecule has 0 aliphatic carbocycles. The number of amides is 1. The van der Waals surface area contributed by atoms with Crippen LogP contribution < -0.4 is 19.1 Å². The Labute approximate surface area is 257 Å². The van der Waals surface area contributed by atoms with E-state index < -0.39 is 32.5 Å². The summed E-state index contributed by atoms with van der Waals surface area (Å²) >= 11 is 1.48. The lowest BCUT2D eigenvalue weighted by Crippen LogP contribution is -2.38. The third-order valence-corrected chi connectivity index (χ3v) is 10.4. The highest BCUT2D eigenvalue weighted by atomic mass is 32.2. The van der Waals surface area contributed by atoms with Gasteiger partial charge in [-0.2, -0.15) is 0 Å². The molecule has 0 aliphatic rings. The summed E-state index contributed by atoms with van der Waals surface area (Å²) in [5, 5.41) is 2.68. The van der Waals surface area contributed by atoms with Gasteiger partial charge in [0.15, 0.2) is 0 Å². The lowest BCUT2D eigenvalue weighted by molar-refractivity contribution is -0.114. The summed E-state index contributed by atoms with van der Waals surface area (Å²) in [5.74, 6) is -0.312. The Hall–Kier alpha value is -4.00. The van der Waals surface area contributed by atoms with Gasteiger partial charge in [0, 0.05) is 10.6 Å². The van der Waals surface area contributed by atoms with Crippen molar-refractivity contribution in [2.75, 3.05) is 33.8 Å². The first-order chi connectivity index (χ1) is 20.5. The molecule has 0 heterocycles. The Kier molecular flexibility index (Phi) is 10.0. The van der Waals surface area contributed by atoms with Crippen LogP contribution in [0.1, 0.15) is 18.1 Å². The number of hydrogen-bond acceptors (Lipinski definition) is 7. The summed E-state index contributed by atoms with van der Waals surface area (Å²) in [4.78, 5) is 14.2. The van der Waals surface area contributed by atoms with Gasteiger partial charge in [-0.05, 0) is 98.8 Å². The van der Waals surface area contributed by atoms with E-state index in [0.717, 1.165) is 20.3 Å². The van der Waals surface area contributed by atoms with Crippen LogP contribution in [0.25, 0.3) is 0 Å².